The second-order valence-corrected chi connectivity index (χ2v) is 8.19. The molecule has 0 aliphatic carbocycles. The van der Waals surface area contributed by atoms with Crippen LogP contribution in [0.25, 0.3) is 0 Å². The first-order chi connectivity index (χ1) is 17.6. The monoisotopic (exact) mass is 520 g/mol. The van der Waals surface area contributed by atoms with Gasteiger partial charge in [-0.15, -0.1) is 0 Å². The number of hydrogen-bond acceptors (Lipinski definition) is 6. The third-order valence-electron chi connectivity index (χ3n) is 5.51. The van der Waals surface area contributed by atoms with Crippen molar-refractivity contribution < 1.29 is 43.2 Å². The molecule has 3 rings (SSSR count). The van der Waals surface area contributed by atoms with Crippen molar-refractivity contribution in [3.8, 4) is 0 Å². The summed E-state index contributed by atoms with van der Waals surface area (Å²) < 4.78 is 32.7. The van der Waals surface area contributed by atoms with Gasteiger partial charge < -0.3 is 25.0 Å². The Hall–Kier alpha value is -3.67. The molecule has 1 aliphatic rings. The van der Waals surface area contributed by atoms with Crippen LogP contribution in [0, 0.1) is 11.6 Å². The van der Waals surface area contributed by atoms with Gasteiger partial charge in [0.05, 0.1) is 13.0 Å². The molecule has 1 fully saturated rings. The standard InChI is InChI=1S/C22H26F2N2O3.C4H4O4/c23-19-5-1-17(2-6-19)22(18-3-7-20(24)8-4-18)29-16-15-26-13-11-25(12-14-26)10-9-21(27)28;5-3(6)1-2-4(7)8/h1-8,22H,9-16H2,(H,27,28);1-2H,(H,5,6)(H,7,8)/b;2-1-. The summed E-state index contributed by atoms with van der Waals surface area (Å²) in [7, 11) is 0. The van der Waals surface area contributed by atoms with Gasteiger partial charge in [0.15, 0.2) is 0 Å². The predicted octanol–water partition coefficient (Wildman–Crippen LogP) is 2.87. The van der Waals surface area contributed by atoms with Crippen molar-refractivity contribution in [1.29, 1.82) is 0 Å². The second kappa shape index (κ2) is 15.4. The number of hydrogen-bond donors (Lipinski definition) is 3. The van der Waals surface area contributed by atoms with Gasteiger partial charge in [-0.05, 0) is 35.4 Å². The minimum absolute atomic E-state index is 0.167. The molecule has 37 heavy (non-hydrogen) atoms. The van der Waals surface area contributed by atoms with Crippen LogP contribution in [0.1, 0.15) is 23.7 Å². The quantitative estimate of drug-likeness (QED) is 0.383. The molecule has 0 atom stereocenters. The number of ether oxygens (including phenoxy) is 1. The molecule has 0 aromatic heterocycles. The zero-order valence-electron chi connectivity index (χ0n) is 20.1. The molecular weight excluding hydrogens is 490 g/mol. The molecule has 2 aromatic carbocycles. The fraction of sp³-hybridized carbons (Fsp3) is 0.346. The first kappa shape index (κ1) is 29.6. The number of carbonyl (C=O) groups is 3. The Morgan fingerprint density at radius 1 is 0.757 bits per heavy atom. The van der Waals surface area contributed by atoms with Crippen LogP contribution < -0.4 is 0 Å². The number of benzene rings is 2. The Bertz CT molecular complexity index is 976. The predicted molar refractivity (Wildman–Crippen MR) is 130 cm³/mol. The molecule has 1 heterocycles. The number of halogens is 2. The normalized spacial score (nSPS) is 14.4. The molecular formula is C26H30F2N2O7. The Balaban J connectivity index is 0.000000521. The van der Waals surface area contributed by atoms with Crippen LogP contribution in [0.5, 0.6) is 0 Å². The Kier molecular flexibility index (Phi) is 12.3. The SMILES string of the molecule is O=C(O)/C=C\C(=O)O.O=C(O)CCN1CCN(CCOC(c2ccc(F)cc2)c2ccc(F)cc2)CC1. The fourth-order valence-electron chi connectivity index (χ4n) is 3.59. The maximum absolute atomic E-state index is 13.3. The maximum Gasteiger partial charge on any atom is 0.328 e. The Morgan fingerprint density at radius 3 is 1.54 bits per heavy atom. The molecule has 0 radical (unpaired) electrons. The van der Waals surface area contributed by atoms with Crippen LogP contribution in [0.4, 0.5) is 8.78 Å². The third-order valence-corrected chi connectivity index (χ3v) is 5.51. The molecule has 9 nitrogen and oxygen atoms in total. The highest BCUT2D eigenvalue weighted by molar-refractivity contribution is 5.89. The minimum atomic E-state index is -1.26. The Morgan fingerprint density at radius 2 is 1.16 bits per heavy atom. The third kappa shape index (κ3) is 11.7. The van der Waals surface area contributed by atoms with Gasteiger partial charge in [0.25, 0.3) is 0 Å². The molecule has 11 heteroatoms. The van der Waals surface area contributed by atoms with Crippen LogP contribution in [-0.4, -0.2) is 88.9 Å². The summed E-state index contributed by atoms with van der Waals surface area (Å²) in [5, 5.41) is 24.4. The molecule has 1 aliphatic heterocycles. The lowest BCUT2D eigenvalue weighted by Gasteiger charge is -2.34. The molecule has 0 saturated carbocycles. The molecule has 0 amide bonds. The van der Waals surface area contributed by atoms with Crippen LogP contribution in [0.15, 0.2) is 60.7 Å². The lowest BCUT2D eigenvalue weighted by atomic mass is 10.0. The van der Waals surface area contributed by atoms with Crippen molar-refractivity contribution >= 4 is 17.9 Å². The summed E-state index contributed by atoms with van der Waals surface area (Å²) in [5.41, 5.74) is 1.63. The van der Waals surface area contributed by atoms with Crippen molar-refractivity contribution in [2.45, 2.75) is 12.5 Å². The van der Waals surface area contributed by atoms with E-state index in [1.807, 2.05) is 0 Å². The highest BCUT2D eigenvalue weighted by Crippen LogP contribution is 2.26. The summed E-state index contributed by atoms with van der Waals surface area (Å²) in [6.07, 6.45) is 0.887. The van der Waals surface area contributed by atoms with Crippen LogP contribution >= 0.6 is 0 Å². The lowest BCUT2D eigenvalue weighted by molar-refractivity contribution is -0.137. The van der Waals surface area contributed by atoms with E-state index < -0.39 is 24.0 Å². The van der Waals surface area contributed by atoms with E-state index in [1.54, 1.807) is 24.3 Å². The van der Waals surface area contributed by atoms with E-state index >= 15 is 0 Å². The van der Waals surface area contributed by atoms with E-state index in [0.717, 1.165) is 43.9 Å². The number of rotatable bonds is 11. The average molecular weight is 521 g/mol. The molecule has 2 aromatic rings. The van der Waals surface area contributed by atoms with Crippen molar-refractivity contribution in [2.24, 2.45) is 0 Å². The summed E-state index contributed by atoms with van der Waals surface area (Å²) in [4.78, 5) is 34.2. The van der Waals surface area contributed by atoms with Gasteiger partial charge in [0, 0.05) is 51.4 Å². The zero-order chi connectivity index (χ0) is 27.2. The van der Waals surface area contributed by atoms with Crippen molar-refractivity contribution in [2.75, 3.05) is 45.9 Å². The van der Waals surface area contributed by atoms with Gasteiger partial charge in [-0.1, -0.05) is 24.3 Å². The maximum atomic E-state index is 13.3. The minimum Gasteiger partial charge on any atom is -0.481 e. The van der Waals surface area contributed by atoms with Crippen molar-refractivity contribution in [3.63, 3.8) is 0 Å². The number of carboxylic acid groups (broad SMARTS) is 3. The topological polar surface area (TPSA) is 128 Å². The van der Waals surface area contributed by atoms with Gasteiger partial charge >= 0.3 is 17.9 Å². The van der Waals surface area contributed by atoms with Gasteiger partial charge in [-0.2, -0.15) is 0 Å². The molecule has 0 spiro atoms. The van der Waals surface area contributed by atoms with E-state index in [9.17, 15) is 23.2 Å². The molecule has 3 N–H and O–H groups in total. The van der Waals surface area contributed by atoms with Gasteiger partial charge in [-0.25, -0.2) is 18.4 Å². The van der Waals surface area contributed by atoms with Crippen LogP contribution in [-0.2, 0) is 19.1 Å². The summed E-state index contributed by atoms with van der Waals surface area (Å²) in [6.45, 7) is 5.21. The van der Waals surface area contributed by atoms with Gasteiger partial charge in [0.1, 0.15) is 17.7 Å². The van der Waals surface area contributed by atoms with Gasteiger partial charge in [-0.3, -0.25) is 9.69 Å². The van der Waals surface area contributed by atoms with Crippen molar-refractivity contribution in [1.82, 2.24) is 9.80 Å². The molecule has 0 bridgehead atoms. The largest absolute Gasteiger partial charge is 0.481 e. The molecule has 1 saturated heterocycles. The first-order valence-corrected chi connectivity index (χ1v) is 11.6. The summed E-state index contributed by atoms with van der Waals surface area (Å²) in [5.74, 6) is -3.91. The number of piperazine rings is 1. The van der Waals surface area contributed by atoms with Gasteiger partial charge in [0.2, 0.25) is 0 Å². The smallest absolute Gasteiger partial charge is 0.328 e. The van der Waals surface area contributed by atoms with Crippen LogP contribution in [0.3, 0.4) is 0 Å². The average Bonchev–Trinajstić information content (AvgIpc) is 2.87. The highest BCUT2D eigenvalue weighted by Gasteiger charge is 2.19. The summed E-state index contributed by atoms with van der Waals surface area (Å²) in [6, 6.07) is 12.3. The lowest BCUT2D eigenvalue weighted by Crippen LogP contribution is -2.47. The first-order valence-electron chi connectivity index (χ1n) is 11.6. The number of aliphatic carboxylic acids is 3. The zero-order valence-corrected chi connectivity index (χ0v) is 20.1. The van der Waals surface area contributed by atoms with E-state index in [-0.39, 0.29) is 18.1 Å². The number of carboxylic acids is 3. The number of nitrogens with zero attached hydrogens (tertiary/aromatic N) is 2. The summed E-state index contributed by atoms with van der Waals surface area (Å²) >= 11 is 0. The second-order valence-electron chi connectivity index (χ2n) is 8.19. The molecule has 200 valence electrons. The highest BCUT2D eigenvalue weighted by atomic mass is 19.1. The Labute approximate surface area is 213 Å². The fourth-order valence-corrected chi connectivity index (χ4v) is 3.59. The van der Waals surface area contributed by atoms with E-state index in [0.29, 0.717) is 25.3 Å². The van der Waals surface area contributed by atoms with Crippen molar-refractivity contribution in [3.05, 3.63) is 83.4 Å². The van der Waals surface area contributed by atoms with Crippen LogP contribution in [0.2, 0.25) is 0 Å². The van der Waals surface area contributed by atoms with E-state index in [2.05, 4.69) is 9.80 Å². The van der Waals surface area contributed by atoms with E-state index in [4.69, 9.17) is 20.1 Å². The van der Waals surface area contributed by atoms with E-state index in [1.165, 1.54) is 24.3 Å². The molecule has 0 unspecified atom stereocenters.